The highest BCUT2D eigenvalue weighted by Crippen LogP contribution is 2.39. The third-order valence-corrected chi connectivity index (χ3v) is 6.90. The second-order valence-corrected chi connectivity index (χ2v) is 9.17. The van der Waals surface area contributed by atoms with Gasteiger partial charge in [-0.2, -0.15) is 13.2 Å². The molecule has 0 aliphatic heterocycles. The third-order valence-electron chi connectivity index (χ3n) is 5.70. The SMILES string of the molecule is O=C(Nc1ccc(Nc2ncnc3sc4c(c23)CCCC4)cc1)Nc1cc(C(F)(F)F)ccc1F. The average molecular weight is 502 g/mol. The molecule has 11 heteroatoms. The summed E-state index contributed by atoms with van der Waals surface area (Å²) < 4.78 is 52.5. The molecule has 5 rings (SSSR count). The van der Waals surface area contributed by atoms with Crippen LogP contribution in [0.15, 0.2) is 48.8 Å². The molecule has 180 valence electrons. The van der Waals surface area contributed by atoms with Gasteiger partial charge in [0.05, 0.1) is 16.6 Å². The summed E-state index contributed by atoms with van der Waals surface area (Å²) in [7, 11) is 0. The molecule has 1 aliphatic rings. The second kappa shape index (κ2) is 9.14. The van der Waals surface area contributed by atoms with E-state index in [1.54, 1.807) is 35.6 Å². The van der Waals surface area contributed by atoms with Crippen LogP contribution in [-0.2, 0) is 19.0 Å². The molecular weight excluding hydrogens is 482 g/mol. The van der Waals surface area contributed by atoms with Crippen molar-refractivity contribution in [3.8, 4) is 0 Å². The van der Waals surface area contributed by atoms with Gasteiger partial charge in [-0.1, -0.05) is 0 Å². The van der Waals surface area contributed by atoms with Crippen molar-refractivity contribution in [2.45, 2.75) is 31.9 Å². The van der Waals surface area contributed by atoms with Crippen molar-refractivity contribution in [1.82, 2.24) is 9.97 Å². The largest absolute Gasteiger partial charge is 0.416 e. The number of anilines is 4. The van der Waals surface area contributed by atoms with Crippen molar-refractivity contribution in [2.75, 3.05) is 16.0 Å². The summed E-state index contributed by atoms with van der Waals surface area (Å²) in [5.41, 5.74) is 0.783. The minimum Gasteiger partial charge on any atom is -0.340 e. The van der Waals surface area contributed by atoms with Crippen LogP contribution in [0.1, 0.15) is 28.8 Å². The Hall–Kier alpha value is -3.73. The third kappa shape index (κ3) is 4.90. The lowest BCUT2D eigenvalue weighted by molar-refractivity contribution is -0.137. The van der Waals surface area contributed by atoms with Gasteiger partial charge in [-0.3, -0.25) is 0 Å². The zero-order valence-corrected chi connectivity index (χ0v) is 19.0. The maximum absolute atomic E-state index is 13.9. The molecule has 3 N–H and O–H groups in total. The predicted octanol–water partition coefficient (Wildman–Crippen LogP) is 7.12. The Balaban J connectivity index is 1.28. The van der Waals surface area contributed by atoms with Gasteiger partial charge in [0.2, 0.25) is 0 Å². The van der Waals surface area contributed by atoms with Gasteiger partial charge in [0.1, 0.15) is 22.8 Å². The molecule has 2 heterocycles. The van der Waals surface area contributed by atoms with Gasteiger partial charge in [-0.15, -0.1) is 11.3 Å². The van der Waals surface area contributed by atoms with E-state index in [4.69, 9.17) is 0 Å². The lowest BCUT2D eigenvalue weighted by Crippen LogP contribution is -2.20. The van der Waals surface area contributed by atoms with Crippen LogP contribution < -0.4 is 16.0 Å². The lowest BCUT2D eigenvalue weighted by atomic mass is 9.97. The summed E-state index contributed by atoms with van der Waals surface area (Å²) in [5, 5.41) is 8.94. The molecule has 0 saturated carbocycles. The van der Waals surface area contributed by atoms with E-state index in [0.717, 1.165) is 35.2 Å². The number of halogens is 4. The number of fused-ring (bicyclic) bond motifs is 3. The van der Waals surface area contributed by atoms with Crippen molar-refractivity contribution in [2.24, 2.45) is 0 Å². The van der Waals surface area contributed by atoms with Gasteiger partial charge in [-0.05, 0) is 73.7 Å². The molecule has 0 bridgehead atoms. The average Bonchev–Trinajstić information content (AvgIpc) is 3.21. The van der Waals surface area contributed by atoms with Crippen LogP contribution >= 0.6 is 11.3 Å². The number of hydrogen-bond donors (Lipinski definition) is 3. The fraction of sp³-hybridized carbons (Fsp3) is 0.208. The van der Waals surface area contributed by atoms with Gasteiger partial charge < -0.3 is 16.0 Å². The van der Waals surface area contributed by atoms with Crippen LogP contribution in [0, 0.1) is 5.82 Å². The number of aryl methyl sites for hydroxylation is 2. The van der Waals surface area contributed by atoms with E-state index in [-0.39, 0.29) is 0 Å². The van der Waals surface area contributed by atoms with Crippen molar-refractivity contribution in [3.05, 3.63) is 70.6 Å². The second-order valence-electron chi connectivity index (χ2n) is 8.09. The molecule has 35 heavy (non-hydrogen) atoms. The Morgan fingerprint density at radius 3 is 2.46 bits per heavy atom. The van der Waals surface area contributed by atoms with Crippen LogP contribution in [0.3, 0.4) is 0 Å². The number of nitrogens with zero attached hydrogens (tertiary/aromatic N) is 2. The number of alkyl halides is 3. The summed E-state index contributed by atoms with van der Waals surface area (Å²) in [5.74, 6) is -0.257. The quantitative estimate of drug-likeness (QED) is 0.260. The number of aromatic nitrogens is 2. The van der Waals surface area contributed by atoms with Gasteiger partial charge in [0, 0.05) is 16.3 Å². The minimum atomic E-state index is -4.65. The van der Waals surface area contributed by atoms with Crippen LogP contribution in [-0.4, -0.2) is 16.0 Å². The molecule has 0 atom stereocenters. The Bertz CT molecular complexity index is 1400. The van der Waals surface area contributed by atoms with Gasteiger partial charge >= 0.3 is 12.2 Å². The summed E-state index contributed by atoms with van der Waals surface area (Å²) >= 11 is 1.70. The lowest BCUT2D eigenvalue weighted by Gasteiger charge is -2.13. The molecule has 0 unspecified atom stereocenters. The molecule has 6 nitrogen and oxygen atoms in total. The van der Waals surface area contributed by atoms with Crippen LogP contribution in [0.25, 0.3) is 10.2 Å². The van der Waals surface area contributed by atoms with Crippen LogP contribution in [0.2, 0.25) is 0 Å². The Labute approximate surface area is 201 Å². The maximum Gasteiger partial charge on any atom is 0.416 e. The monoisotopic (exact) mass is 501 g/mol. The van der Waals surface area contributed by atoms with Crippen molar-refractivity contribution in [1.29, 1.82) is 0 Å². The summed E-state index contributed by atoms with van der Waals surface area (Å²) in [6, 6.07) is 7.65. The Kier molecular flexibility index (Phi) is 6.01. The normalized spacial score (nSPS) is 13.4. The van der Waals surface area contributed by atoms with E-state index < -0.39 is 29.3 Å². The van der Waals surface area contributed by atoms with Crippen molar-refractivity contribution < 1.29 is 22.4 Å². The number of carbonyl (C=O) groups is 1. The van der Waals surface area contributed by atoms with Gasteiger partial charge in [-0.25, -0.2) is 19.2 Å². The smallest absolute Gasteiger partial charge is 0.340 e. The fourth-order valence-corrected chi connectivity index (χ4v) is 5.27. The predicted molar refractivity (Wildman–Crippen MR) is 128 cm³/mol. The highest BCUT2D eigenvalue weighted by Gasteiger charge is 2.31. The van der Waals surface area contributed by atoms with Gasteiger partial charge in [0.25, 0.3) is 0 Å². The molecule has 0 saturated heterocycles. The number of benzene rings is 2. The first kappa shape index (κ1) is 23.0. The molecule has 2 amide bonds. The first-order valence-electron chi connectivity index (χ1n) is 10.8. The number of urea groups is 1. The first-order valence-corrected chi connectivity index (χ1v) is 11.7. The molecule has 0 fully saturated rings. The fourth-order valence-electron chi connectivity index (χ4n) is 4.04. The van der Waals surface area contributed by atoms with Crippen LogP contribution in [0.5, 0.6) is 0 Å². The molecule has 1 aliphatic carbocycles. The highest BCUT2D eigenvalue weighted by atomic mass is 32.1. The van der Waals surface area contributed by atoms with Crippen LogP contribution in [0.4, 0.5) is 45.2 Å². The standard InChI is InChI=1S/C24H19F4N5OS/c25-17-10-5-13(24(26,27)28)11-18(17)33-23(34)32-15-8-6-14(7-9-15)31-21-20-16-3-1-2-4-19(16)35-22(20)30-12-29-21/h5-12H,1-4H2,(H,29,30,31)(H2,32,33,34). The number of amides is 2. The highest BCUT2D eigenvalue weighted by molar-refractivity contribution is 7.19. The molecule has 2 aromatic heterocycles. The molecule has 0 radical (unpaired) electrons. The Morgan fingerprint density at radius 1 is 0.943 bits per heavy atom. The summed E-state index contributed by atoms with van der Waals surface area (Å²) in [6.07, 6.45) is 1.25. The maximum atomic E-state index is 13.9. The number of nitrogens with one attached hydrogen (secondary N) is 3. The number of hydrogen-bond acceptors (Lipinski definition) is 5. The molecule has 0 spiro atoms. The molecule has 2 aromatic carbocycles. The number of rotatable bonds is 4. The zero-order valence-electron chi connectivity index (χ0n) is 18.2. The number of carbonyl (C=O) groups excluding carboxylic acids is 1. The van der Waals surface area contributed by atoms with Crippen molar-refractivity contribution >= 4 is 50.5 Å². The van der Waals surface area contributed by atoms with E-state index in [9.17, 15) is 22.4 Å². The van der Waals surface area contributed by atoms with E-state index >= 15 is 0 Å². The first-order chi connectivity index (χ1) is 16.8. The molecule has 4 aromatic rings. The van der Waals surface area contributed by atoms with E-state index in [2.05, 4.69) is 25.9 Å². The van der Waals surface area contributed by atoms with Gasteiger partial charge in [0.15, 0.2) is 0 Å². The van der Waals surface area contributed by atoms with E-state index in [0.29, 0.717) is 29.7 Å². The van der Waals surface area contributed by atoms with Crippen molar-refractivity contribution in [3.63, 3.8) is 0 Å². The topological polar surface area (TPSA) is 78.9 Å². The Morgan fingerprint density at radius 2 is 1.69 bits per heavy atom. The minimum absolute atomic E-state index is 0.376. The number of thiophene rings is 1. The summed E-state index contributed by atoms with van der Waals surface area (Å²) in [6.45, 7) is 0. The zero-order chi connectivity index (χ0) is 24.6. The molecular formula is C24H19F4N5OS. The summed E-state index contributed by atoms with van der Waals surface area (Å²) in [4.78, 5) is 23.4. The van der Waals surface area contributed by atoms with E-state index in [1.807, 2.05) is 0 Å². The van der Waals surface area contributed by atoms with E-state index in [1.165, 1.54) is 23.2 Å².